The van der Waals surface area contributed by atoms with Crippen LogP contribution in [0.5, 0.6) is 0 Å². The van der Waals surface area contributed by atoms with Gasteiger partial charge in [0.1, 0.15) is 0 Å². The van der Waals surface area contributed by atoms with E-state index in [1.807, 2.05) is 0 Å². The van der Waals surface area contributed by atoms with Gasteiger partial charge in [0.15, 0.2) is 0 Å². The molecule has 0 aliphatic carbocycles. The van der Waals surface area contributed by atoms with Crippen molar-refractivity contribution >= 4 is 30.0 Å². The topological polar surface area (TPSA) is 72.6 Å². The van der Waals surface area contributed by atoms with E-state index in [0.717, 1.165) is 0 Å². The molecular weight excluding hydrogens is 292 g/mol. The molecule has 1 aromatic carbocycles. The Bertz CT molecular complexity index is 499. The number of rotatable bonds is 3. The van der Waals surface area contributed by atoms with Gasteiger partial charge in [-0.1, -0.05) is 12.1 Å². The number of amides is 1. The summed E-state index contributed by atoms with van der Waals surface area (Å²) in [6.45, 7) is 3.33. The number of hydrogen-bond donors (Lipinski definition) is 1. The van der Waals surface area contributed by atoms with Crippen LogP contribution in [-0.4, -0.2) is 36.5 Å². The molecule has 0 bridgehead atoms. The molecule has 1 aliphatic heterocycles. The van der Waals surface area contributed by atoms with Crippen molar-refractivity contribution in [2.45, 2.75) is 19.8 Å². The minimum atomic E-state index is -0.154. The molecule has 0 aromatic heterocycles. The van der Waals surface area contributed by atoms with Gasteiger partial charge in [0.05, 0.1) is 18.1 Å². The lowest BCUT2D eigenvalue weighted by Crippen LogP contribution is -2.40. The van der Waals surface area contributed by atoms with E-state index in [-0.39, 0.29) is 30.2 Å². The van der Waals surface area contributed by atoms with Gasteiger partial charge in [-0.25, -0.2) is 0 Å². The average Bonchev–Trinajstić information content (AvgIpc) is 2.47. The predicted octanol–water partition coefficient (Wildman–Crippen LogP) is 2.11. The first-order valence-corrected chi connectivity index (χ1v) is 6.94. The zero-order chi connectivity index (χ0) is 14.5. The molecule has 5 nitrogen and oxygen atoms in total. The molecular formula is C15H21ClN2O3. The highest BCUT2D eigenvalue weighted by molar-refractivity contribution is 5.99. The number of para-hydroxylation sites is 1. The second kappa shape index (κ2) is 7.88. The number of nitrogen functional groups attached to an aromatic ring is 1. The Balaban J connectivity index is 0.00000220. The number of ether oxygens (including phenoxy) is 1. The second-order valence-electron chi connectivity index (χ2n) is 4.91. The zero-order valence-electron chi connectivity index (χ0n) is 12.1. The van der Waals surface area contributed by atoms with E-state index in [1.165, 1.54) is 0 Å². The van der Waals surface area contributed by atoms with Gasteiger partial charge in [0.25, 0.3) is 5.91 Å². The molecule has 21 heavy (non-hydrogen) atoms. The van der Waals surface area contributed by atoms with Gasteiger partial charge < -0.3 is 15.4 Å². The number of likely N-dealkylation sites (tertiary alicyclic amines) is 1. The molecule has 116 valence electrons. The van der Waals surface area contributed by atoms with Crippen molar-refractivity contribution in [2.24, 2.45) is 5.92 Å². The Morgan fingerprint density at radius 2 is 1.90 bits per heavy atom. The number of esters is 1. The van der Waals surface area contributed by atoms with Crippen LogP contribution in [0.25, 0.3) is 0 Å². The lowest BCUT2D eigenvalue weighted by molar-refractivity contribution is -0.149. The lowest BCUT2D eigenvalue weighted by Gasteiger charge is -2.31. The van der Waals surface area contributed by atoms with Gasteiger partial charge in [0.2, 0.25) is 0 Å². The molecule has 0 radical (unpaired) electrons. The first-order chi connectivity index (χ1) is 9.63. The van der Waals surface area contributed by atoms with Crippen molar-refractivity contribution in [1.82, 2.24) is 4.90 Å². The Morgan fingerprint density at radius 3 is 2.48 bits per heavy atom. The van der Waals surface area contributed by atoms with Crippen LogP contribution in [0.3, 0.4) is 0 Å². The summed E-state index contributed by atoms with van der Waals surface area (Å²) in [7, 11) is 0. The van der Waals surface area contributed by atoms with Crippen molar-refractivity contribution in [1.29, 1.82) is 0 Å². The van der Waals surface area contributed by atoms with Gasteiger partial charge in [-0.05, 0) is 31.9 Å². The smallest absolute Gasteiger partial charge is 0.309 e. The number of nitrogens with two attached hydrogens (primary N) is 1. The molecule has 2 rings (SSSR count). The number of carbonyl (C=O) groups excluding carboxylic acids is 2. The van der Waals surface area contributed by atoms with Crippen LogP contribution < -0.4 is 5.73 Å². The summed E-state index contributed by atoms with van der Waals surface area (Å²) in [5.74, 6) is -0.309. The fraction of sp³-hybridized carbons (Fsp3) is 0.467. The van der Waals surface area contributed by atoms with Gasteiger partial charge in [-0.3, -0.25) is 9.59 Å². The van der Waals surface area contributed by atoms with Gasteiger partial charge in [-0.2, -0.15) is 0 Å². The van der Waals surface area contributed by atoms with E-state index in [0.29, 0.717) is 43.8 Å². The van der Waals surface area contributed by atoms with Crippen molar-refractivity contribution in [3.63, 3.8) is 0 Å². The minimum Gasteiger partial charge on any atom is -0.466 e. The van der Waals surface area contributed by atoms with E-state index < -0.39 is 0 Å². The summed E-state index contributed by atoms with van der Waals surface area (Å²) >= 11 is 0. The summed E-state index contributed by atoms with van der Waals surface area (Å²) in [5.41, 5.74) is 6.84. The first-order valence-electron chi connectivity index (χ1n) is 6.94. The van der Waals surface area contributed by atoms with Crippen molar-refractivity contribution in [2.75, 3.05) is 25.4 Å². The molecule has 2 N–H and O–H groups in total. The number of nitrogens with zero attached hydrogens (tertiary/aromatic N) is 1. The fourth-order valence-corrected chi connectivity index (χ4v) is 2.44. The number of halogens is 1. The second-order valence-corrected chi connectivity index (χ2v) is 4.91. The highest BCUT2D eigenvalue weighted by Gasteiger charge is 2.29. The van der Waals surface area contributed by atoms with Gasteiger partial charge in [-0.15, -0.1) is 12.4 Å². The van der Waals surface area contributed by atoms with Crippen LogP contribution in [0.4, 0.5) is 5.69 Å². The van der Waals surface area contributed by atoms with Crippen molar-refractivity contribution in [3.05, 3.63) is 29.8 Å². The van der Waals surface area contributed by atoms with Crippen LogP contribution in [0.2, 0.25) is 0 Å². The number of carbonyl (C=O) groups is 2. The van der Waals surface area contributed by atoms with Gasteiger partial charge in [0, 0.05) is 18.8 Å². The highest BCUT2D eigenvalue weighted by atomic mass is 35.5. The Kier molecular flexibility index (Phi) is 6.49. The number of piperidine rings is 1. The largest absolute Gasteiger partial charge is 0.466 e. The first kappa shape index (κ1) is 17.3. The van der Waals surface area contributed by atoms with Crippen LogP contribution >= 0.6 is 12.4 Å². The third-order valence-electron chi connectivity index (χ3n) is 3.59. The third-order valence-corrected chi connectivity index (χ3v) is 3.59. The van der Waals surface area contributed by atoms with E-state index in [2.05, 4.69) is 0 Å². The predicted molar refractivity (Wildman–Crippen MR) is 83.4 cm³/mol. The van der Waals surface area contributed by atoms with E-state index in [9.17, 15) is 9.59 Å². The molecule has 0 atom stereocenters. The van der Waals surface area contributed by atoms with Crippen LogP contribution in [-0.2, 0) is 9.53 Å². The molecule has 1 aromatic rings. The number of anilines is 1. The molecule has 0 spiro atoms. The standard InChI is InChI=1S/C15H20N2O3.ClH/c1-2-20-15(19)11-7-9-17(10-8-11)14(18)12-5-3-4-6-13(12)16;/h3-6,11H,2,7-10,16H2,1H3;1H. The zero-order valence-corrected chi connectivity index (χ0v) is 12.9. The van der Waals surface area contributed by atoms with Gasteiger partial charge >= 0.3 is 5.97 Å². The fourth-order valence-electron chi connectivity index (χ4n) is 2.44. The summed E-state index contributed by atoms with van der Waals surface area (Å²) < 4.78 is 5.02. The summed E-state index contributed by atoms with van der Waals surface area (Å²) in [4.78, 5) is 25.8. The molecule has 1 saturated heterocycles. The van der Waals surface area contributed by atoms with Crippen molar-refractivity contribution in [3.8, 4) is 0 Å². The van der Waals surface area contributed by atoms with Crippen LogP contribution in [0, 0.1) is 5.92 Å². The molecule has 0 unspecified atom stereocenters. The highest BCUT2D eigenvalue weighted by Crippen LogP contribution is 2.22. The lowest BCUT2D eigenvalue weighted by atomic mass is 9.96. The monoisotopic (exact) mass is 312 g/mol. The quantitative estimate of drug-likeness (QED) is 0.685. The number of benzene rings is 1. The molecule has 1 amide bonds. The Morgan fingerprint density at radius 1 is 1.29 bits per heavy atom. The maximum Gasteiger partial charge on any atom is 0.309 e. The summed E-state index contributed by atoms with van der Waals surface area (Å²) in [6.07, 6.45) is 1.30. The van der Waals surface area contributed by atoms with E-state index >= 15 is 0 Å². The molecule has 6 heteroatoms. The molecule has 0 saturated carbocycles. The summed E-state index contributed by atoms with van der Waals surface area (Å²) in [5, 5.41) is 0. The minimum absolute atomic E-state index is 0. The van der Waals surface area contributed by atoms with E-state index in [1.54, 1.807) is 36.1 Å². The van der Waals surface area contributed by atoms with Crippen molar-refractivity contribution < 1.29 is 14.3 Å². The number of hydrogen-bond acceptors (Lipinski definition) is 4. The normalized spacial score (nSPS) is 15.2. The third kappa shape index (κ3) is 4.11. The molecule has 1 aliphatic rings. The maximum atomic E-state index is 12.4. The maximum absolute atomic E-state index is 12.4. The van der Waals surface area contributed by atoms with E-state index in [4.69, 9.17) is 10.5 Å². The SMILES string of the molecule is CCOC(=O)C1CCN(C(=O)c2ccccc2N)CC1.Cl. The summed E-state index contributed by atoms with van der Waals surface area (Å²) in [6, 6.07) is 7.06. The Hall–Kier alpha value is -1.75. The van der Waals surface area contributed by atoms with Crippen LogP contribution in [0.1, 0.15) is 30.1 Å². The average molecular weight is 313 g/mol. The molecule has 1 fully saturated rings. The molecule has 1 heterocycles. The van der Waals surface area contributed by atoms with Crippen LogP contribution in [0.15, 0.2) is 24.3 Å². The Labute approximate surface area is 130 Å².